The van der Waals surface area contributed by atoms with E-state index in [0.29, 0.717) is 0 Å². The Bertz CT molecular complexity index is 1940. The van der Waals surface area contributed by atoms with Crippen molar-refractivity contribution in [3.63, 3.8) is 0 Å². The molecule has 2 heterocycles. The number of pyridine rings is 2. The van der Waals surface area contributed by atoms with Crippen LogP contribution in [0.4, 0.5) is 0 Å². The Labute approximate surface area is 220 Å². The number of hydrogen-bond donors (Lipinski definition) is 0. The van der Waals surface area contributed by atoms with E-state index in [9.17, 15) is 4.57 Å². The number of para-hydroxylation sites is 1. The predicted octanol–water partition coefficient (Wildman–Crippen LogP) is 7.24. The second-order valence-corrected chi connectivity index (χ2v) is 12.2. The molecule has 0 atom stereocenters. The SMILES string of the molecule is O=P(c1ccccc1)(c1ccccc1)c1ccc(-c2cnc3c(ccc4cc5ccccc5nc43)c2)cc1. The van der Waals surface area contributed by atoms with E-state index in [1.54, 1.807) is 0 Å². The lowest BCUT2D eigenvalue weighted by molar-refractivity contribution is 0.592. The van der Waals surface area contributed by atoms with Crippen LogP contribution in [0.3, 0.4) is 0 Å². The number of aromatic nitrogens is 2. The van der Waals surface area contributed by atoms with Crippen molar-refractivity contribution in [1.82, 2.24) is 9.97 Å². The Morgan fingerprint density at radius 3 is 1.74 bits per heavy atom. The molecule has 0 aliphatic heterocycles. The summed E-state index contributed by atoms with van der Waals surface area (Å²) in [7, 11) is -3.00. The maximum atomic E-state index is 14.6. The van der Waals surface area contributed by atoms with Gasteiger partial charge in [0.05, 0.1) is 16.6 Å². The number of benzene rings is 5. The summed E-state index contributed by atoms with van der Waals surface area (Å²) >= 11 is 0. The average molecular weight is 507 g/mol. The molecule has 180 valence electrons. The van der Waals surface area contributed by atoms with Crippen LogP contribution in [0.2, 0.25) is 0 Å². The molecule has 5 aromatic carbocycles. The molecule has 3 nitrogen and oxygen atoms in total. The molecule has 0 aliphatic rings. The lowest BCUT2D eigenvalue weighted by Crippen LogP contribution is -2.24. The maximum absolute atomic E-state index is 14.6. The molecule has 0 bridgehead atoms. The number of fused-ring (bicyclic) bond motifs is 4. The molecule has 0 saturated heterocycles. The molecule has 0 unspecified atom stereocenters. The van der Waals surface area contributed by atoms with E-state index in [1.165, 1.54) is 0 Å². The molecule has 7 aromatic rings. The van der Waals surface area contributed by atoms with Crippen molar-refractivity contribution in [2.45, 2.75) is 0 Å². The van der Waals surface area contributed by atoms with Crippen molar-refractivity contribution in [2.24, 2.45) is 0 Å². The minimum absolute atomic E-state index is 0.814. The van der Waals surface area contributed by atoms with Gasteiger partial charge in [-0.25, -0.2) is 4.98 Å². The zero-order chi connectivity index (χ0) is 25.5. The molecule has 0 spiro atoms. The first kappa shape index (κ1) is 22.6. The average Bonchev–Trinajstić information content (AvgIpc) is 3.00. The lowest BCUT2D eigenvalue weighted by Gasteiger charge is -2.20. The Balaban J connectivity index is 1.31. The molecule has 4 heteroatoms. The fraction of sp³-hybridized carbons (Fsp3) is 0. The van der Waals surface area contributed by atoms with Gasteiger partial charge in [-0.2, -0.15) is 0 Å². The minimum atomic E-state index is -3.00. The summed E-state index contributed by atoms with van der Waals surface area (Å²) in [5, 5.41) is 5.73. The normalized spacial score (nSPS) is 11.8. The lowest BCUT2D eigenvalue weighted by atomic mass is 10.0. The third-order valence-corrected chi connectivity index (χ3v) is 10.2. The van der Waals surface area contributed by atoms with Crippen molar-refractivity contribution in [3.8, 4) is 11.1 Å². The van der Waals surface area contributed by atoms with E-state index in [2.05, 4.69) is 30.3 Å². The monoisotopic (exact) mass is 506 g/mol. The van der Waals surface area contributed by atoms with Gasteiger partial charge >= 0.3 is 0 Å². The minimum Gasteiger partial charge on any atom is -0.309 e. The van der Waals surface area contributed by atoms with Crippen LogP contribution in [0.1, 0.15) is 0 Å². The van der Waals surface area contributed by atoms with Crippen molar-refractivity contribution in [3.05, 3.63) is 140 Å². The standard InChI is InChI=1S/C34H23N2OP/c37-38(29-10-3-1-4-11-29,30-12-5-2-6-13-30)31-19-17-24(18-20-31)28-22-26-15-16-27-21-25-9-7-8-14-32(25)36-34(27)33(26)35-23-28/h1-23H. The highest BCUT2D eigenvalue weighted by Crippen LogP contribution is 2.42. The molecule has 38 heavy (non-hydrogen) atoms. The van der Waals surface area contributed by atoms with E-state index >= 15 is 0 Å². The smallest absolute Gasteiger partial charge is 0.171 e. The van der Waals surface area contributed by atoms with Crippen molar-refractivity contribution >= 4 is 55.8 Å². The van der Waals surface area contributed by atoms with E-state index in [1.807, 2.05) is 109 Å². The van der Waals surface area contributed by atoms with Crippen LogP contribution in [0.25, 0.3) is 43.8 Å². The van der Waals surface area contributed by atoms with Gasteiger partial charge in [0.2, 0.25) is 0 Å². The van der Waals surface area contributed by atoms with Gasteiger partial charge in [0.15, 0.2) is 7.14 Å². The van der Waals surface area contributed by atoms with Gasteiger partial charge in [-0.1, -0.05) is 115 Å². The molecular formula is C34H23N2OP. The first-order valence-electron chi connectivity index (χ1n) is 12.6. The maximum Gasteiger partial charge on any atom is 0.171 e. The van der Waals surface area contributed by atoms with Crippen molar-refractivity contribution < 1.29 is 4.57 Å². The highest BCUT2D eigenvalue weighted by atomic mass is 31.2. The van der Waals surface area contributed by atoms with E-state index < -0.39 is 7.14 Å². The van der Waals surface area contributed by atoms with Crippen LogP contribution in [0, 0.1) is 0 Å². The third kappa shape index (κ3) is 3.72. The van der Waals surface area contributed by atoms with Crippen LogP contribution in [0.15, 0.2) is 140 Å². The summed E-state index contributed by atoms with van der Waals surface area (Å²) in [6, 6.07) is 44.3. The van der Waals surface area contributed by atoms with Crippen LogP contribution in [-0.4, -0.2) is 9.97 Å². The summed E-state index contributed by atoms with van der Waals surface area (Å²) in [6.45, 7) is 0. The Morgan fingerprint density at radius 1 is 0.474 bits per heavy atom. The number of hydrogen-bond acceptors (Lipinski definition) is 3. The van der Waals surface area contributed by atoms with Crippen LogP contribution >= 0.6 is 7.14 Å². The fourth-order valence-corrected chi connectivity index (χ4v) is 7.83. The fourth-order valence-electron chi connectivity index (χ4n) is 5.18. The van der Waals surface area contributed by atoms with Crippen LogP contribution in [0.5, 0.6) is 0 Å². The van der Waals surface area contributed by atoms with E-state index in [4.69, 9.17) is 9.97 Å². The van der Waals surface area contributed by atoms with Gasteiger partial charge in [-0.15, -0.1) is 0 Å². The van der Waals surface area contributed by atoms with Gasteiger partial charge in [0.1, 0.15) is 0 Å². The first-order chi connectivity index (χ1) is 18.7. The zero-order valence-corrected chi connectivity index (χ0v) is 21.4. The second-order valence-electron chi connectivity index (χ2n) is 9.44. The highest BCUT2D eigenvalue weighted by molar-refractivity contribution is 7.85. The number of nitrogens with zero attached hydrogens (tertiary/aromatic N) is 2. The largest absolute Gasteiger partial charge is 0.309 e. The molecule has 0 N–H and O–H groups in total. The molecular weight excluding hydrogens is 483 g/mol. The van der Waals surface area contributed by atoms with Crippen LogP contribution < -0.4 is 15.9 Å². The first-order valence-corrected chi connectivity index (χ1v) is 14.3. The van der Waals surface area contributed by atoms with E-state index in [-0.39, 0.29) is 0 Å². The van der Waals surface area contributed by atoms with Gasteiger partial charge in [-0.3, -0.25) is 4.98 Å². The zero-order valence-electron chi connectivity index (χ0n) is 20.5. The van der Waals surface area contributed by atoms with Gasteiger partial charge in [0.25, 0.3) is 0 Å². The summed E-state index contributed by atoms with van der Waals surface area (Å²) in [5.41, 5.74) is 4.82. The molecule has 0 radical (unpaired) electrons. The summed E-state index contributed by atoms with van der Waals surface area (Å²) < 4.78 is 14.6. The van der Waals surface area contributed by atoms with E-state index in [0.717, 1.165) is 59.7 Å². The topological polar surface area (TPSA) is 42.9 Å². The second kappa shape index (κ2) is 9.06. The molecule has 2 aromatic heterocycles. The van der Waals surface area contributed by atoms with Crippen molar-refractivity contribution in [1.29, 1.82) is 0 Å². The molecule has 0 saturated carbocycles. The van der Waals surface area contributed by atoms with Gasteiger partial charge in [-0.05, 0) is 23.8 Å². The molecule has 7 rings (SSSR count). The molecule has 0 aliphatic carbocycles. The Hall–Kier alpha value is -4.59. The van der Waals surface area contributed by atoms with Gasteiger partial charge in [0, 0.05) is 43.8 Å². The quantitative estimate of drug-likeness (QED) is 0.144. The summed E-state index contributed by atoms with van der Waals surface area (Å²) in [4.78, 5) is 9.75. The Morgan fingerprint density at radius 2 is 1.05 bits per heavy atom. The third-order valence-electron chi connectivity index (χ3n) is 7.14. The summed E-state index contributed by atoms with van der Waals surface area (Å²) in [5.74, 6) is 0. The molecule has 0 fully saturated rings. The predicted molar refractivity (Wildman–Crippen MR) is 159 cm³/mol. The number of rotatable bonds is 4. The van der Waals surface area contributed by atoms with Crippen LogP contribution in [-0.2, 0) is 4.57 Å². The van der Waals surface area contributed by atoms with Crippen molar-refractivity contribution in [2.75, 3.05) is 0 Å². The Kier molecular flexibility index (Phi) is 5.39. The summed E-state index contributed by atoms with van der Waals surface area (Å²) in [6.07, 6.45) is 1.90. The van der Waals surface area contributed by atoms with Gasteiger partial charge < -0.3 is 4.57 Å². The molecule has 0 amide bonds. The highest BCUT2D eigenvalue weighted by Gasteiger charge is 2.29.